The van der Waals surface area contributed by atoms with E-state index in [1.54, 1.807) is 17.2 Å². The van der Waals surface area contributed by atoms with Gasteiger partial charge in [-0.2, -0.15) is 0 Å². The van der Waals surface area contributed by atoms with E-state index in [9.17, 15) is 9.90 Å². The first kappa shape index (κ1) is 20.1. The van der Waals surface area contributed by atoms with Crippen molar-refractivity contribution in [1.29, 1.82) is 0 Å². The number of hydrogen-bond acceptors (Lipinski definition) is 5. The number of amides is 1. The lowest BCUT2D eigenvalue weighted by Gasteiger charge is -2.37. The summed E-state index contributed by atoms with van der Waals surface area (Å²) in [4.78, 5) is 18.4. The number of ether oxygens (including phenoxy) is 2. The zero-order chi connectivity index (χ0) is 20.1. The van der Waals surface area contributed by atoms with E-state index in [1.165, 1.54) is 0 Å². The molecule has 0 radical (unpaired) electrons. The van der Waals surface area contributed by atoms with Crippen LogP contribution in [0.5, 0.6) is 5.88 Å². The fourth-order valence-electron chi connectivity index (χ4n) is 3.19. The summed E-state index contributed by atoms with van der Waals surface area (Å²) < 4.78 is 11.2. The average Bonchev–Trinajstić information content (AvgIpc) is 2.67. The standard InChI is InChI=1S/C22H28N2O4/c1-22(2,3)28-21(26)24-12-11-19(25)18(14-24)17-9-10-20(23-13-17)27-15-16-7-5-4-6-8-16/h4-10,13,18-19,25H,11-12,14-15H2,1-3H3. The molecule has 0 saturated carbocycles. The van der Waals surface area contributed by atoms with Crippen molar-refractivity contribution >= 4 is 6.09 Å². The zero-order valence-electron chi connectivity index (χ0n) is 16.7. The number of piperidine rings is 1. The van der Waals surface area contributed by atoms with Crippen LogP contribution in [0, 0.1) is 0 Å². The maximum Gasteiger partial charge on any atom is 0.410 e. The van der Waals surface area contributed by atoms with Gasteiger partial charge in [0.05, 0.1) is 6.10 Å². The SMILES string of the molecule is CC(C)(C)OC(=O)N1CCC(O)C(c2ccc(OCc3ccccc3)nc2)C1. The molecule has 6 heteroatoms. The van der Waals surface area contributed by atoms with Crippen molar-refractivity contribution in [3.8, 4) is 5.88 Å². The van der Waals surface area contributed by atoms with Crippen LogP contribution >= 0.6 is 0 Å². The number of carbonyl (C=O) groups is 1. The fourth-order valence-corrected chi connectivity index (χ4v) is 3.19. The second kappa shape index (κ2) is 8.61. The van der Waals surface area contributed by atoms with E-state index in [0.717, 1.165) is 11.1 Å². The van der Waals surface area contributed by atoms with Crippen molar-refractivity contribution in [2.45, 2.75) is 51.4 Å². The van der Waals surface area contributed by atoms with Crippen LogP contribution in [0.15, 0.2) is 48.7 Å². The van der Waals surface area contributed by atoms with Crippen molar-refractivity contribution in [2.24, 2.45) is 0 Å². The number of benzene rings is 1. The van der Waals surface area contributed by atoms with Gasteiger partial charge in [0.2, 0.25) is 5.88 Å². The largest absolute Gasteiger partial charge is 0.473 e. The highest BCUT2D eigenvalue weighted by atomic mass is 16.6. The van der Waals surface area contributed by atoms with Crippen molar-refractivity contribution in [2.75, 3.05) is 13.1 Å². The summed E-state index contributed by atoms with van der Waals surface area (Å²) in [5.74, 6) is 0.332. The van der Waals surface area contributed by atoms with Crippen LogP contribution in [0.2, 0.25) is 0 Å². The summed E-state index contributed by atoms with van der Waals surface area (Å²) >= 11 is 0. The number of hydrogen-bond donors (Lipinski definition) is 1. The molecular weight excluding hydrogens is 356 g/mol. The van der Waals surface area contributed by atoms with Crippen molar-refractivity contribution in [3.05, 3.63) is 59.8 Å². The Labute approximate surface area is 166 Å². The molecular formula is C22H28N2O4. The number of aliphatic hydroxyl groups is 1. The normalized spacial score (nSPS) is 19.9. The van der Waals surface area contributed by atoms with E-state index >= 15 is 0 Å². The lowest BCUT2D eigenvalue weighted by molar-refractivity contribution is 0.00402. The highest BCUT2D eigenvalue weighted by Gasteiger charge is 2.33. The molecule has 0 spiro atoms. The molecule has 1 saturated heterocycles. The van der Waals surface area contributed by atoms with Gasteiger partial charge in [0.15, 0.2) is 0 Å². The lowest BCUT2D eigenvalue weighted by Crippen LogP contribution is -2.46. The predicted molar refractivity (Wildman–Crippen MR) is 106 cm³/mol. The quantitative estimate of drug-likeness (QED) is 0.869. The van der Waals surface area contributed by atoms with Crippen LogP contribution in [0.4, 0.5) is 4.79 Å². The van der Waals surface area contributed by atoms with Crippen molar-refractivity contribution < 1.29 is 19.4 Å². The molecule has 1 N–H and O–H groups in total. The van der Waals surface area contributed by atoms with Gasteiger partial charge in [0.25, 0.3) is 0 Å². The summed E-state index contributed by atoms with van der Waals surface area (Å²) in [7, 11) is 0. The summed E-state index contributed by atoms with van der Waals surface area (Å²) in [6, 6.07) is 13.6. The van der Waals surface area contributed by atoms with Gasteiger partial charge in [0, 0.05) is 31.3 Å². The van der Waals surface area contributed by atoms with E-state index in [2.05, 4.69) is 4.98 Å². The molecule has 150 valence electrons. The molecule has 28 heavy (non-hydrogen) atoms. The van der Waals surface area contributed by atoms with Crippen molar-refractivity contribution in [3.63, 3.8) is 0 Å². The van der Waals surface area contributed by atoms with Crippen LogP contribution in [-0.2, 0) is 11.3 Å². The first-order chi connectivity index (χ1) is 13.3. The second-order valence-corrected chi connectivity index (χ2v) is 8.09. The minimum atomic E-state index is -0.540. The molecule has 2 aromatic rings. The van der Waals surface area contributed by atoms with Crippen LogP contribution in [0.25, 0.3) is 0 Å². The molecule has 0 bridgehead atoms. The number of likely N-dealkylation sites (tertiary alicyclic amines) is 1. The van der Waals surface area contributed by atoms with Crippen LogP contribution in [0.3, 0.4) is 0 Å². The fraction of sp³-hybridized carbons (Fsp3) is 0.455. The smallest absolute Gasteiger partial charge is 0.410 e. The minimum Gasteiger partial charge on any atom is -0.473 e. The van der Waals surface area contributed by atoms with Gasteiger partial charge in [0.1, 0.15) is 12.2 Å². The molecule has 1 aromatic carbocycles. The Balaban J connectivity index is 1.62. The number of carbonyl (C=O) groups excluding carboxylic acids is 1. The molecule has 1 aliphatic rings. The number of aromatic nitrogens is 1. The van der Waals surface area contributed by atoms with E-state index in [-0.39, 0.29) is 12.0 Å². The number of aliphatic hydroxyl groups excluding tert-OH is 1. The number of pyridine rings is 1. The Hall–Kier alpha value is -2.60. The van der Waals surface area contributed by atoms with Crippen molar-refractivity contribution in [1.82, 2.24) is 9.88 Å². The second-order valence-electron chi connectivity index (χ2n) is 8.09. The molecule has 6 nitrogen and oxygen atoms in total. The van der Waals surface area contributed by atoms with Gasteiger partial charge in [-0.15, -0.1) is 0 Å². The Morgan fingerprint density at radius 2 is 1.96 bits per heavy atom. The first-order valence-corrected chi connectivity index (χ1v) is 9.60. The highest BCUT2D eigenvalue weighted by Crippen LogP contribution is 2.29. The lowest BCUT2D eigenvalue weighted by atomic mass is 9.89. The Kier molecular flexibility index (Phi) is 6.19. The zero-order valence-corrected chi connectivity index (χ0v) is 16.7. The van der Waals surface area contributed by atoms with Crippen LogP contribution in [0.1, 0.15) is 44.2 Å². The Bertz CT molecular complexity index is 771. The Morgan fingerprint density at radius 1 is 1.21 bits per heavy atom. The molecule has 2 heterocycles. The summed E-state index contributed by atoms with van der Waals surface area (Å²) in [5.41, 5.74) is 1.42. The third kappa shape index (κ3) is 5.45. The highest BCUT2D eigenvalue weighted by molar-refractivity contribution is 5.68. The van der Waals surface area contributed by atoms with Gasteiger partial charge < -0.3 is 19.5 Å². The average molecular weight is 384 g/mol. The monoisotopic (exact) mass is 384 g/mol. The summed E-state index contributed by atoms with van der Waals surface area (Å²) in [6.07, 6.45) is 1.36. The first-order valence-electron chi connectivity index (χ1n) is 9.60. The van der Waals surface area contributed by atoms with Crippen LogP contribution in [-0.4, -0.2) is 45.9 Å². The van der Waals surface area contributed by atoms with Gasteiger partial charge >= 0.3 is 6.09 Å². The topological polar surface area (TPSA) is 71.9 Å². The van der Waals surface area contributed by atoms with Gasteiger partial charge in [-0.1, -0.05) is 36.4 Å². The molecule has 2 atom stereocenters. The molecule has 1 fully saturated rings. The molecule has 1 aromatic heterocycles. The van der Waals surface area contributed by atoms with E-state index in [1.807, 2.05) is 57.2 Å². The predicted octanol–water partition coefficient (Wildman–Crippen LogP) is 3.75. The molecule has 1 aliphatic heterocycles. The molecule has 0 aliphatic carbocycles. The minimum absolute atomic E-state index is 0.197. The van der Waals surface area contributed by atoms with Gasteiger partial charge in [-0.25, -0.2) is 9.78 Å². The summed E-state index contributed by atoms with van der Waals surface area (Å²) in [5, 5.41) is 10.4. The van der Waals surface area contributed by atoms with Gasteiger partial charge in [-0.05, 0) is 38.3 Å². The third-order valence-corrected chi connectivity index (χ3v) is 4.64. The number of nitrogens with zero attached hydrogens (tertiary/aromatic N) is 2. The maximum atomic E-state index is 12.4. The molecule has 2 unspecified atom stereocenters. The Morgan fingerprint density at radius 3 is 2.61 bits per heavy atom. The van der Waals surface area contributed by atoms with E-state index < -0.39 is 11.7 Å². The van der Waals surface area contributed by atoms with E-state index in [0.29, 0.717) is 32.0 Å². The summed E-state index contributed by atoms with van der Waals surface area (Å²) in [6.45, 7) is 6.88. The molecule has 3 rings (SSSR count). The van der Waals surface area contributed by atoms with E-state index in [4.69, 9.17) is 9.47 Å². The van der Waals surface area contributed by atoms with Gasteiger partial charge in [-0.3, -0.25) is 0 Å². The maximum absolute atomic E-state index is 12.4. The third-order valence-electron chi connectivity index (χ3n) is 4.64. The van der Waals surface area contributed by atoms with Crippen LogP contribution < -0.4 is 4.74 Å². The number of rotatable bonds is 4. The molecule has 1 amide bonds.